The summed E-state index contributed by atoms with van der Waals surface area (Å²) in [5, 5.41) is 5.45. The van der Waals surface area contributed by atoms with Gasteiger partial charge in [0.2, 0.25) is 0 Å². The monoisotopic (exact) mass is 829 g/mol. The van der Waals surface area contributed by atoms with Crippen LogP contribution in [0.2, 0.25) is 0 Å². The molecule has 65 heavy (non-hydrogen) atoms. The minimum absolute atomic E-state index is 0.595. The minimum Gasteiger partial charge on any atom is -0.457 e. The van der Waals surface area contributed by atoms with E-state index in [1.54, 1.807) is 0 Å². The molecule has 5 heteroatoms. The molecule has 3 aromatic heterocycles. The van der Waals surface area contributed by atoms with Crippen molar-refractivity contribution >= 4 is 43.6 Å². The largest absolute Gasteiger partial charge is 0.457 e. The van der Waals surface area contributed by atoms with Gasteiger partial charge in [-0.15, -0.1) is 0 Å². The molecule has 0 saturated carbocycles. The van der Waals surface area contributed by atoms with Crippen LogP contribution in [0, 0.1) is 0 Å². The number of rotatable bonds is 4. The van der Waals surface area contributed by atoms with Crippen LogP contribution >= 0.6 is 0 Å². The highest BCUT2D eigenvalue weighted by molar-refractivity contribution is 6.20. The third-order valence-electron chi connectivity index (χ3n) is 13.5. The van der Waals surface area contributed by atoms with Gasteiger partial charge >= 0.3 is 0 Å². The Morgan fingerprint density at radius 3 is 1.80 bits per heavy atom. The van der Waals surface area contributed by atoms with Crippen LogP contribution in [-0.2, 0) is 5.41 Å². The van der Waals surface area contributed by atoms with Crippen molar-refractivity contribution < 1.29 is 9.15 Å². The van der Waals surface area contributed by atoms with Crippen molar-refractivity contribution in [2.45, 2.75) is 5.41 Å². The fourth-order valence-corrected chi connectivity index (χ4v) is 10.8. The Morgan fingerprint density at radius 2 is 1.00 bits per heavy atom. The second-order valence-corrected chi connectivity index (χ2v) is 17.0. The molecule has 0 fully saturated rings. The van der Waals surface area contributed by atoms with Crippen LogP contribution in [0.5, 0.6) is 11.5 Å². The van der Waals surface area contributed by atoms with Gasteiger partial charge in [0.15, 0.2) is 5.82 Å². The van der Waals surface area contributed by atoms with Crippen LogP contribution in [0.15, 0.2) is 217 Å². The fraction of sp³-hybridized carbons (Fsp3) is 0.0167. The maximum atomic E-state index is 6.67. The van der Waals surface area contributed by atoms with Crippen molar-refractivity contribution in [1.82, 2.24) is 15.0 Å². The molecule has 5 nitrogen and oxygen atoms in total. The Morgan fingerprint density at radius 1 is 0.369 bits per heavy atom. The summed E-state index contributed by atoms with van der Waals surface area (Å²) < 4.78 is 13.0. The summed E-state index contributed by atoms with van der Waals surface area (Å²) in [7, 11) is 0. The summed E-state index contributed by atoms with van der Waals surface area (Å²) in [6, 6.07) is 74.6. The molecule has 0 atom stereocenters. The summed E-state index contributed by atoms with van der Waals surface area (Å²) in [5.74, 6) is 2.40. The lowest BCUT2D eigenvalue weighted by Gasteiger charge is -2.39. The molecule has 1 aliphatic carbocycles. The van der Waals surface area contributed by atoms with Crippen molar-refractivity contribution in [2.75, 3.05) is 0 Å². The zero-order chi connectivity index (χ0) is 42.6. The first-order chi connectivity index (χ1) is 32.2. The molecule has 0 unspecified atom stereocenters. The molecule has 0 bridgehead atoms. The van der Waals surface area contributed by atoms with Gasteiger partial charge in [-0.3, -0.25) is 0 Å². The van der Waals surface area contributed by atoms with Gasteiger partial charge < -0.3 is 9.15 Å². The van der Waals surface area contributed by atoms with Crippen molar-refractivity contribution in [1.29, 1.82) is 0 Å². The van der Waals surface area contributed by atoms with Crippen molar-refractivity contribution in [3.63, 3.8) is 0 Å². The summed E-state index contributed by atoms with van der Waals surface area (Å²) in [6.07, 6.45) is 0. The lowest BCUT2D eigenvalue weighted by molar-refractivity contribution is 0.436. The molecule has 0 amide bonds. The molecule has 0 saturated heterocycles. The summed E-state index contributed by atoms with van der Waals surface area (Å²) in [5.41, 5.74) is 15.7. The zero-order valence-corrected chi connectivity index (χ0v) is 34.9. The van der Waals surface area contributed by atoms with E-state index in [-0.39, 0.29) is 0 Å². The van der Waals surface area contributed by atoms with E-state index in [4.69, 9.17) is 24.1 Å². The topological polar surface area (TPSA) is 61.0 Å². The van der Waals surface area contributed by atoms with E-state index >= 15 is 0 Å². The number of para-hydroxylation sites is 3. The molecule has 4 heterocycles. The van der Waals surface area contributed by atoms with Gasteiger partial charge in [-0.1, -0.05) is 176 Å². The molecule has 0 radical (unpaired) electrons. The van der Waals surface area contributed by atoms with E-state index < -0.39 is 5.41 Å². The summed E-state index contributed by atoms with van der Waals surface area (Å²) >= 11 is 0. The van der Waals surface area contributed by atoms with E-state index in [0.717, 1.165) is 100 Å². The molecular formula is C60H35N3O2. The Kier molecular flexibility index (Phi) is 7.54. The number of aromatic nitrogens is 3. The predicted octanol–water partition coefficient (Wildman–Crippen LogP) is 15.2. The van der Waals surface area contributed by atoms with Crippen LogP contribution < -0.4 is 4.74 Å². The first-order valence-electron chi connectivity index (χ1n) is 22.0. The van der Waals surface area contributed by atoms with Gasteiger partial charge in [-0.2, -0.15) is 0 Å². The maximum Gasteiger partial charge on any atom is 0.160 e. The first kappa shape index (κ1) is 35.9. The van der Waals surface area contributed by atoms with E-state index in [1.165, 1.54) is 27.6 Å². The molecule has 2 aliphatic rings. The van der Waals surface area contributed by atoms with E-state index in [9.17, 15) is 0 Å². The molecule has 14 rings (SSSR count). The number of ether oxygens (including phenoxy) is 1. The number of hydrogen-bond acceptors (Lipinski definition) is 5. The predicted molar refractivity (Wildman–Crippen MR) is 261 cm³/mol. The lowest BCUT2D eigenvalue weighted by Crippen LogP contribution is -2.32. The van der Waals surface area contributed by atoms with Crippen LogP contribution in [0.25, 0.3) is 99.9 Å². The average molecular weight is 830 g/mol. The van der Waals surface area contributed by atoms with Gasteiger partial charge in [0, 0.05) is 60.3 Å². The highest BCUT2D eigenvalue weighted by atomic mass is 16.5. The third kappa shape index (κ3) is 5.12. The smallest absolute Gasteiger partial charge is 0.160 e. The standard InChI is InChI=1S/C60H35N3O2/c1-3-16-36(17-4-1)58-43-32-33-47-57(39-20-7-9-23-44(39)60(47)45-24-10-13-27-52(45)65-53-28-14-11-25-46(53)60)56(43)41-31-30-38(34-49(41)61-58)48-35-50(63-59(62-48)37-18-5-2-6-19-37)40-22-15-29-54-55(40)42-21-8-12-26-51(42)64-54/h1-35H. The Labute approximate surface area is 373 Å². The van der Waals surface area contributed by atoms with Crippen LogP contribution in [-0.4, -0.2) is 15.0 Å². The van der Waals surface area contributed by atoms with Gasteiger partial charge in [0.1, 0.15) is 22.7 Å². The van der Waals surface area contributed by atoms with E-state index in [2.05, 4.69) is 170 Å². The third-order valence-corrected chi connectivity index (χ3v) is 13.5. The molecule has 12 aromatic rings. The SMILES string of the molecule is c1ccc(-c2nc(-c3ccc4c(c3)nc(-c3ccccc3)c3ccc5c(c34)-c3ccccc3C53c4ccccc4Oc4ccccc43)cc(-c3cccc4oc5ccccc5c34)n2)cc1. The van der Waals surface area contributed by atoms with Crippen LogP contribution in [0.4, 0.5) is 0 Å². The zero-order valence-electron chi connectivity index (χ0n) is 34.9. The fourth-order valence-electron chi connectivity index (χ4n) is 10.8. The van der Waals surface area contributed by atoms with Crippen LogP contribution in [0.1, 0.15) is 22.3 Å². The number of nitrogens with zero attached hydrogens (tertiary/aromatic N) is 3. The highest BCUT2D eigenvalue weighted by Crippen LogP contribution is 2.63. The van der Waals surface area contributed by atoms with Gasteiger partial charge in [-0.25, -0.2) is 15.0 Å². The second kappa shape index (κ2) is 13.7. The van der Waals surface area contributed by atoms with Gasteiger partial charge in [-0.05, 0) is 58.7 Å². The number of hydrogen-bond donors (Lipinski definition) is 0. The Bertz CT molecular complexity index is 3890. The summed E-state index contributed by atoms with van der Waals surface area (Å²) in [4.78, 5) is 16.1. The molecular weight excluding hydrogens is 795 g/mol. The van der Waals surface area contributed by atoms with E-state index in [1.807, 2.05) is 42.5 Å². The molecule has 302 valence electrons. The van der Waals surface area contributed by atoms with E-state index in [0.29, 0.717) is 5.82 Å². The maximum absolute atomic E-state index is 6.67. The number of benzene rings is 9. The Hall–Kier alpha value is -8.67. The number of fused-ring (bicyclic) bond motifs is 16. The first-order valence-corrected chi connectivity index (χ1v) is 22.0. The molecule has 9 aromatic carbocycles. The molecule has 1 spiro atoms. The lowest BCUT2D eigenvalue weighted by atomic mass is 9.66. The van der Waals surface area contributed by atoms with Crippen molar-refractivity contribution in [2.24, 2.45) is 0 Å². The second-order valence-electron chi connectivity index (χ2n) is 17.0. The Balaban J connectivity index is 1.06. The number of pyridine rings is 1. The van der Waals surface area contributed by atoms with Crippen molar-refractivity contribution in [3.05, 3.63) is 235 Å². The summed E-state index contributed by atoms with van der Waals surface area (Å²) in [6.45, 7) is 0. The number of furan rings is 1. The molecule has 1 aliphatic heterocycles. The van der Waals surface area contributed by atoms with Gasteiger partial charge in [0.05, 0.1) is 28.0 Å². The highest BCUT2D eigenvalue weighted by Gasteiger charge is 2.51. The average Bonchev–Trinajstić information content (AvgIpc) is 3.90. The molecule has 0 N–H and O–H groups in total. The van der Waals surface area contributed by atoms with Crippen molar-refractivity contribution in [3.8, 4) is 67.8 Å². The van der Waals surface area contributed by atoms with Crippen LogP contribution in [0.3, 0.4) is 0 Å². The normalized spacial score (nSPS) is 13.2. The quantitative estimate of drug-likeness (QED) is 0.165. The van der Waals surface area contributed by atoms with Gasteiger partial charge in [0.25, 0.3) is 0 Å². The minimum atomic E-state index is -0.595.